The molecule has 0 spiro atoms. The Labute approximate surface area is 287 Å². The van der Waals surface area contributed by atoms with Crippen LogP contribution in [0.5, 0.6) is 11.6 Å². The van der Waals surface area contributed by atoms with Gasteiger partial charge in [-0.15, -0.1) is 0 Å². The molecule has 3 heterocycles. The van der Waals surface area contributed by atoms with E-state index in [-0.39, 0.29) is 36.2 Å². The molecule has 2 aromatic heterocycles. The van der Waals surface area contributed by atoms with Gasteiger partial charge in [-0.1, -0.05) is 37.3 Å². The number of halogens is 4. The van der Waals surface area contributed by atoms with Crippen molar-refractivity contribution in [1.29, 1.82) is 0 Å². The van der Waals surface area contributed by atoms with Gasteiger partial charge in [-0.05, 0) is 51.0 Å². The number of anilines is 2. The average Bonchev–Trinajstić information content (AvgIpc) is 3.05. The minimum Gasteiger partial charge on any atom is -0.444 e. The first kappa shape index (κ1) is 36.3. The first-order valence-electron chi connectivity index (χ1n) is 15.5. The van der Waals surface area contributed by atoms with Gasteiger partial charge in [-0.3, -0.25) is 9.11 Å². The molecule has 2 aromatic carbocycles. The van der Waals surface area contributed by atoms with Crippen molar-refractivity contribution >= 4 is 27.8 Å². The molecule has 11 nitrogen and oxygen atoms in total. The van der Waals surface area contributed by atoms with Gasteiger partial charge in [0.1, 0.15) is 11.3 Å². The van der Waals surface area contributed by atoms with E-state index >= 15 is 13.2 Å². The molecule has 1 aliphatic rings. The highest BCUT2D eigenvalue weighted by molar-refractivity contribution is 7.91. The molecule has 0 radical (unpaired) electrons. The molecule has 0 saturated carbocycles. The number of amides is 1. The fraction of sp³-hybridized carbons (Fsp3) is 0.353. The first-order chi connectivity index (χ1) is 23.5. The van der Waals surface area contributed by atoms with E-state index in [2.05, 4.69) is 20.3 Å². The summed E-state index contributed by atoms with van der Waals surface area (Å²) in [5, 5.41) is 3.15. The average molecular weight is 717 g/mol. The molecule has 0 bridgehead atoms. The molecule has 0 aliphatic carbocycles. The Morgan fingerprint density at radius 1 is 1.04 bits per heavy atom. The van der Waals surface area contributed by atoms with Crippen LogP contribution in [-0.4, -0.2) is 65.8 Å². The number of carbonyl (C=O) groups is 1. The fourth-order valence-corrected chi connectivity index (χ4v) is 6.63. The predicted octanol–water partition coefficient (Wildman–Crippen LogP) is 7.09. The van der Waals surface area contributed by atoms with E-state index in [4.69, 9.17) is 9.47 Å². The third-order valence-corrected chi connectivity index (χ3v) is 8.78. The monoisotopic (exact) mass is 716 g/mol. The SMILES string of the molecule is CC1(CF)CC(Nc2nccc(-c3cccnc3Oc3cc(F)c(NS(=O)(=O)Cc4ccccc4)c(F)c3F)n2)CN(C(=O)OC(C)(C)C)C1. The lowest BCUT2D eigenvalue weighted by Gasteiger charge is -2.43. The van der Waals surface area contributed by atoms with Crippen molar-refractivity contribution in [1.82, 2.24) is 19.9 Å². The number of nitrogens with zero attached hydrogens (tertiary/aromatic N) is 4. The number of likely N-dealkylation sites (tertiary alicyclic amines) is 1. The fourth-order valence-electron chi connectivity index (χ4n) is 5.43. The summed E-state index contributed by atoms with van der Waals surface area (Å²) >= 11 is 0. The van der Waals surface area contributed by atoms with Gasteiger partial charge in [0.15, 0.2) is 17.4 Å². The molecule has 5 rings (SSSR count). The number of hydrogen-bond donors (Lipinski definition) is 2. The van der Waals surface area contributed by atoms with Crippen molar-refractivity contribution in [3.8, 4) is 22.9 Å². The molecular formula is C34H36F4N6O5S. The van der Waals surface area contributed by atoms with E-state index in [9.17, 15) is 17.6 Å². The molecule has 16 heteroatoms. The van der Waals surface area contributed by atoms with Crippen LogP contribution in [0.15, 0.2) is 67.0 Å². The van der Waals surface area contributed by atoms with Gasteiger partial charge in [0, 0.05) is 43.0 Å². The van der Waals surface area contributed by atoms with Crippen LogP contribution < -0.4 is 14.8 Å². The minimum absolute atomic E-state index is 0.116. The highest BCUT2D eigenvalue weighted by atomic mass is 32.2. The molecule has 1 fully saturated rings. The van der Waals surface area contributed by atoms with Gasteiger partial charge in [0.25, 0.3) is 0 Å². The number of nitrogens with one attached hydrogen (secondary N) is 2. The molecule has 266 valence electrons. The zero-order valence-electron chi connectivity index (χ0n) is 27.7. The van der Waals surface area contributed by atoms with E-state index in [1.54, 1.807) is 50.6 Å². The molecule has 1 saturated heterocycles. The second-order valence-corrected chi connectivity index (χ2v) is 15.0. The number of alkyl halides is 1. The number of hydrogen-bond acceptors (Lipinski definition) is 9. The van der Waals surface area contributed by atoms with E-state index < -0.39 is 74.5 Å². The number of ether oxygens (including phenoxy) is 2. The Morgan fingerprint density at radius 3 is 2.48 bits per heavy atom. The topological polar surface area (TPSA) is 136 Å². The van der Waals surface area contributed by atoms with Crippen molar-refractivity contribution in [3.05, 3.63) is 90.0 Å². The van der Waals surface area contributed by atoms with E-state index in [1.165, 1.54) is 47.6 Å². The maximum atomic E-state index is 15.2. The molecule has 1 aliphatic heterocycles. The lowest BCUT2D eigenvalue weighted by atomic mass is 9.81. The van der Waals surface area contributed by atoms with Crippen molar-refractivity contribution in [2.75, 3.05) is 29.8 Å². The maximum absolute atomic E-state index is 15.2. The van der Waals surface area contributed by atoms with Crippen molar-refractivity contribution in [3.63, 3.8) is 0 Å². The number of pyridine rings is 1. The predicted molar refractivity (Wildman–Crippen MR) is 178 cm³/mol. The lowest BCUT2D eigenvalue weighted by Crippen LogP contribution is -2.54. The Kier molecular flexibility index (Phi) is 10.5. The van der Waals surface area contributed by atoms with Crippen molar-refractivity contribution in [2.45, 2.75) is 51.5 Å². The van der Waals surface area contributed by atoms with Crippen LogP contribution in [0.4, 0.5) is 34.0 Å². The van der Waals surface area contributed by atoms with Gasteiger partial charge >= 0.3 is 6.09 Å². The Morgan fingerprint density at radius 2 is 1.78 bits per heavy atom. The van der Waals surface area contributed by atoms with Crippen LogP contribution in [-0.2, 0) is 20.5 Å². The summed E-state index contributed by atoms with van der Waals surface area (Å²) in [6.45, 7) is 6.61. The van der Waals surface area contributed by atoms with Crippen LogP contribution in [0.3, 0.4) is 0 Å². The minimum atomic E-state index is -4.32. The van der Waals surface area contributed by atoms with Crippen LogP contribution in [0, 0.1) is 22.9 Å². The Bertz CT molecular complexity index is 1970. The van der Waals surface area contributed by atoms with Crippen LogP contribution in [0.25, 0.3) is 11.3 Å². The van der Waals surface area contributed by atoms with Gasteiger partial charge < -0.3 is 19.7 Å². The second kappa shape index (κ2) is 14.5. The smallest absolute Gasteiger partial charge is 0.410 e. The van der Waals surface area contributed by atoms with E-state index in [0.717, 1.165) is 0 Å². The van der Waals surface area contributed by atoms with Gasteiger partial charge in [-0.2, -0.15) is 4.39 Å². The quantitative estimate of drug-likeness (QED) is 0.130. The molecule has 4 aromatic rings. The number of benzene rings is 2. The molecular weight excluding hydrogens is 680 g/mol. The van der Waals surface area contributed by atoms with Crippen molar-refractivity contribution in [2.24, 2.45) is 5.41 Å². The molecule has 2 unspecified atom stereocenters. The highest BCUT2D eigenvalue weighted by Crippen LogP contribution is 2.37. The normalized spacial score (nSPS) is 18.0. The van der Waals surface area contributed by atoms with Crippen LogP contribution in [0.1, 0.15) is 39.7 Å². The Hall–Kier alpha value is -4.99. The number of rotatable bonds is 10. The summed E-state index contributed by atoms with van der Waals surface area (Å²) in [7, 11) is -4.32. The number of aromatic nitrogens is 3. The number of sulfonamides is 1. The van der Waals surface area contributed by atoms with Gasteiger partial charge in [0.05, 0.1) is 23.7 Å². The molecule has 1 amide bonds. The summed E-state index contributed by atoms with van der Waals surface area (Å²) in [6.07, 6.45) is 2.50. The molecule has 2 atom stereocenters. The van der Waals surface area contributed by atoms with Gasteiger partial charge in [0.2, 0.25) is 27.7 Å². The van der Waals surface area contributed by atoms with Gasteiger partial charge in [-0.25, -0.2) is 36.9 Å². The second-order valence-electron chi connectivity index (χ2n) is 13.3. The summed E-state index contributed by atoms with van der Waals surface area (Å²) in [6, 6.07) is 12.5. The number of piperidine rings is 1. The summed E-state index contributed by atoms with van der Waals surface area (Å²) in [4.78, 5) is 27.1. The molecule has 2 N–H and O–H groups in total. The van der Waals surface area contributed by atoms with E-state index in [0.29, 0.717) is 18.1 Å². The molecule has 50 heavy (non-hydrogen) atoms. The number of carbonyl (C=O) groups excluding carboxylic acids is 1. The van der Waals surface area contributed by atoms with Crippen LogP contribution >= 0.6 is 0 Å². The third kappa shape index (κ3) is 8.97. The summed E-state index contributed by atoms with van der Waals surface area (Å²) < 4.78 is 97.6. The summed E-state index contributed by atoms with van der Waals surface area (Å²) in [5.41, 5.74) is -2.03. The highest BCUT2D eigenvalue weighted by Gasteiger charge is 2.40. The standard InChI is InChI=1S/C34H36F4N6O5S/c1-33(2,3)49-32(45)44-17-22(16-34(4,19-35)20-44)41-31-40-14-12-25(42-31)23-11-8-13-39-30(23)48-26-15-24(36)29(28(38)27(26)37)43-50(46,47)18-21-9-6-5-7-10-21/h5-15,22,43H,16-20H2,1-4H3,(H,40,41,42). The Balaban J connectivity index is 1.36. The lowest BCUT2D eigenvalue weighted by molar-refractivity contribution is 0.000838. The zero-order valence-corrected chi connectivity index (χ0v) is 28.5. The third-order valence-electron chi connectivity index (χ3n) is 7.55. The van der Waals surface area contributed by atoms with Crippen molar-refractivity contribution < 1.29 is 40.2 Å². The largest absolute Gasteiger partial charge is 0.444 e. The van der Waals surface area contributed by atoms with E-state index in [1.807, 2.05) is 0 Å². The summed E-state index contributed by atoms with van der Waals surface area (Å²) in [5.74, 6) is -6.54. The maximum Gasteiger partial charge on any atom is 0.410 e. The zero-order chi connectivity index (χ0) is 36.3. The first-order valence-corrected chi connectivity index (χ1v) is 17.2. The van der Waals surface area contributed by atoms with Crippen LogP contribution in [0.2, 0.25) is 0 Å².